The fourth-order valence-corrected chi connectivity index (χ4v) is 2.62. The predicted octanol–water partition coefficient (Wildman–Crippen LogP) is 1.50. The van der Waals surface area contributed by atoms with Crippen molar-refractivity contribution < 1.29 is 14.5 Å². The standard InChI is InChI=1S/C14H17N3O4/c1-9(18)11-3-2-6-16(8-11)12-5-4-10(14(15)19)7-13(12)17(20)21/h4-5,7,11H,2-3,6,8H2,1H3,(H2,15,19). The largest absolute Gasteiger partial charge is 0.366 e. The van der Waals surface area contributed by atoms with Crippen molar-refractivity contribution in [2.45, 2.75) is 19.8 Å². The molecule has 1 heterocycles. The van der Waals surface area contributed by atoms with E-state index in [1.807, 2.05) is 4.90 Å². The first-order chi connectivity index (χ1) is 9.90. The summed E-state index contributed by atoms with van der Waals surface area (Å²) in [7, 11) is 0. The van der Waals surface area contributed by atoms with E-state index in [0.717, 1.165) is 12.8 Å². The molecule has 7 nitrogen and oxygen atoms in total. The molecule has 1 aromatic carbocycles. The highest BCUT2D eigenvalue weighted by atomic mass is 16.6. The van der Waals surface area contributed by atoms with Crippen LogP contribution < -0.4 is 10.6 Å². The zero-order chi connectivity index (χ0) is 15.6. The van der Waals surface area contributed by atoms with Crippen LogP contribution in [-0.4, -0.2) is 29.7 Å². The van der Waals surface area contributed by atoms with Crippen LogP contribution in [0.1, 0.15) is 30.1 Å². The normalized spacial score (nSPS) is 18.3. The number of rotatable bonds is 4. The molecule has 7 heteroatoms. The van der Waals surface area contributed by atoms with Gasteiger partial charge in [-0.1, -0.05) is 0 Å². The molecule has 2 N–H and O–H groups in total. The van der Waals surface area contributed by atoms with Crippen LogP contribution in [0.4, 0.5) is 11.4 Å². The number of nitro groups is 1. The van der Waals surface area contributed by atoms with Crippen molar-refractivity contribution in [3.8, 4) is 0 Å². The van der Waals surface area contributed by atoms with Crippen molar-refractivity contribution in [1.82, 2.24) is 0 Å². The van der Waals surface area contributed by atoms with Crippen molar-refractivity contribution in [3.05, 3.63) is 33.9 Å². The first-order valence-electron chi connectivity index (χ1n) is 6.73. The van der Waals surface area contributed by atoms with Crippen molar-refractivity contribution in [2.75, 3.05) is 18.0 Å². The zero-order valence-electron chi connectivity index (χ0n) is 11.7. The molecule has 1 aliphatic heterocycles. The average molecular weight is 291 g/mol. The minimum atomic E-state index is -0.704. The maximum atomic E-state index is 11.5. The van der Waals surface area contributed by atoms with E-state index in [2.05, 4.69) is 0 Å². The number of ketones is 1. The van der Waals surface area contributed by atoms with Gasteiger partial charge in [0, 0.05) is 30.6 Å². The molecular formula is C14H17N3O4. The molecule has 112 valence electrons. The summed E-state index contributed by atoms with van der Waals surface area (Å²) in [6.07, 6.45) is 1.61. The van der Waals surface area contributed by atoms with Gasteiger partial charge in [-0.15, -0.1) is 0 Å². The molecule has 0 saturated carbocycles. The summed E-state index contributed by atoms with van der Waals surface area (Å²) in [5.41, 5.74) is 5.53. The first kappa shape index (κ1) is 15.0. The summed E-state index contributed by atoms with van der Waals surface area (Å²) < 4.78 is 0. The van der Waals surface area contributed by atoms with E-state index in [9.17, 15) is 19.7 Å². The highest BCUT2D eigenvalue weighted by Crippen LogP contribution is 2.32. The number of nitrogens with two attached hydrogens (primary N) is 1. The van der Waals surface area contributed by atoms with Crippen molar-refractivity contribution in [1.29, 1.82) is 0 Å². The van der Waals surface area contributed by atoms with E-state index in [-0.39, 0.29) is 23.0 Å². The van der Waals surface area contributed by atoms with Gasteiger partial charge in [0.15, 0.2) is 0 Å². The maximum absolute atomic E-state index is 11.5. The Labute approximate surface area is 121 Å². The van der Waals surface area contributed by atoms with Crippen molar-refractivity contribution >= 4 is 23.1 Å². The van der Waals surface area contributed by atoms with Crippen LogP contribution >= 0.6 is 0 Å². The third-order valence-electron chi connectivity index (χ3n) is 3.79. The van der Waals surface area contributed by atoms with Crippen LogP contribution in [-0.2, 0) is 4.79 Å². The molecule has 0 radical (unpaired) electrons. The molecule has 0 aromatic heterocycles. The van der Waals surface area contributed by atoms with Crippen LogP contribution in [0, 0.1) is 16.0 Å². The molecule has 2 rings (SSSR count). The molecule has 1 unspecified atom stereocenters. The van der Waals surface area contributed by atoms with Crippen LogP contribution in [0.25, 0.3) is 0 Å². The minimum absolute atomic E-state index is 0.0936. The zero-order valence-corrected chi connectivity index (χ0v) is 11.7. The summed E-state index contributed by atoms with van der Waals surface area (Å²) >= 11 is 0. The second-order valence-electron chi connectivity index (χ2n) is 5.22. The summed E-state index contributed by atoms with van der Waals surface area (Å²) in [6.45, 7) is 2.66. The Morgan fingerprint density at radius 3 is 2.71 bits per heavy atom. The maximum Gasteiger partial charge on any atom is 0.293 e. The Balaban J connectivity index is 2.36. The number of anilines is 1. The van der Waals surface area contributed by atoms with Gasteiger partial charge in [0.1, 0.15) is 11.5 Å². The Morgan fingerprint density at radius 2 is 2.14 bits per heavy atom. The highest BCUT2D eigenvalue weighted by Gasteiger charge is 2.28. The van der Waals surface area contributed by atoms with Crippen LogP contribution in [0.15, 0.2) is 18.2 Å². The molecule has 21 heavy (non-hydrogen) atoms. The van der Waals surface area contributed by atoms with Gasteiger partial charge in [0.05, 0.1) is 4.92 Å². The predicted molar refractivity (Wildman–Crippen MR) is 77.2 cm³/mol. The smallest absolute Gasteiger partial charge is 0.293 e. The number of Topliss-reactive ketones (excluding diaryl/α,β-unsaturated/α-hetero) is 1. The molecular weight excluding hydrogens is 274 g/mol. The summed E-state index contributed by atoms with van der Waals surface area (Å²) in [4.78, 5) is 35.2. The lowest BCUT2D eigenvalue weighted by Crippen LogP contribution is -2.38. The summed E-state index contributed by atoms with van der Waals surface area (Å²) in [5.74, 6) is -0.713. The van der Waals surface area contributed by atoms with Gasteiger partial charge >= 0.3 is 0 Å². The Hall–Kier alpha value is -2.44. The highest BCUT2D eigenvalue weighted by molar-refractivity contribution is 5.94. The van der Waals surface area contributed by atoms with Gasteiger partial charge in [-0.05, 0) is 31.9 Å². The van der Waals surface area contributed by atoms with Gasteiger partial charge in [0.2, 0.25) is 5.91 Å². The molecule has 1 atom stereocenters. The van der Waals surface area contributed by atoms with E-state index >= 15 is 0 Å². The third kappa shape index (κ3) is 3.18. The number of primary amides is 1. The monoisotopic (exact) mass is 291 g/mol. The fourth-order valence-electron chi connectivity index (χ4n) is 2.62. The van der Waals surface area contributed by atoms with Crippen LogP contribution in [0.2, 0.25) is 0 Å². The van der Waals surface area contributed by atoms with Gasteiger partial charge in [-0.2, -0.15) is 0 Å². The molecule has 1 saturated heterocycles. The Bertz CT molecular complexity index is 600. The number of carbonyl (C=O) groups is 2. The Kier molecular flexibility index (Phi) is 4.21. The number of nitrogens with zero attached hydrogens (tertiary/aromatic N) is 2. The van der Waals surface area contributed by atoms with Gasteiger partial charge in [0.25, 0.3) is 5.69 Å². The number of hydrogen-bond acceptors (Lipinski definition) is 5. The van der Waals surface area contributed by atoms with Crippen LogP contribution in [0.3, 0.4) is 0 Å². The van der Waals surface area contributed by atoms with E-state index < -0.39 is 10.8 Å². The summed E-state index contributed by atoms with van der Waals surface area (Å²) in [5, 5.41) is 11.2. The van der Waals surface area contributed by atoms with Gasteiger partial charge in [-0.25, -0.2) is 0 Å². The van der Waals surface area contributed by atoms with E-state index in [4.69, 9.17) is 5.73 Å². The quantitative estimate of drug-likeness (QED) is 0.668. The van der Waals surface area contributed by atoms with E-state index in [1.165, 1.54) is 18.2 Å². The third-order valence-corrected chi connectivity index (χ3v) is 3.79. The lowest BCUT2D eigenvalue weighted by molar-refractivity contribution is -0.384. The average Bonchev–Trinajstić information content (AvgIpc) is 2.46. The SMILES string of the molecule is CC(=O)C1CCCN(c2ccc(C(N)=O)cc2[N+](=O)[O-])C1. The molecule has 0 bridgehead atoms. The molecule has 1 amide bonds. The van der Waals surface area contributed by atoms with Crippen LogP contribution in [0.5, 0.6) is 0 Å². The molecule has 0 spiro atoms. The number of carbonyl (C=O) groups excluding carboxylic acids is 2. The lowest BCUT2D eigenvalue weighted by atomic mass is 9.94. The molecule has 1 aromatic rings. The second kappa shape index (κ2) is 5.90. The van der Waals surface area contributed by atoms with E-state index in [0.29, 0.717) is 18.8 Å². The van der Waals surface area contributed by atoms with E-state index in [1.54, 1.807) is 6.92 Å². The number of piperidine rings is 1. The number of hydrogen-bond donors (Lipinski definition) is 1. The summed E-state index contributed by atoms with van der Waals surface area (Å²) in [6, 6.07) is 4.19. The molecule has 1 fully saturated rings. The van der Waals surface area contributed by atoms with Gasteiger partial charge < -0.3 is 10.6 Å². The minimum Gasteiger partial charge on any atom is -0.366 e. The first-order valence-corrected chi connectivity index (χ1v) is 6.73. The topological polar surface area (TPSA) is 107 Å². The Morgan fingerprint density at radius 1 is 1.43 bits per heavy atom. The second-order valence-corrected chi connectivity index (χ2v) is 5.22. The van der Waals surface area contributed by atoms with Crippen molar-refractivity contribution in [3.63, 3.8) is 0 Å². The molecule has 0 aliphatic carbocycles. The number of benzene rings is 1. The van der Waals surface area contributed by atoms with Gasteiger partial charge in [-0.3, -0.25) is 19.7 Å². The molecule has 1 aliphatic rings. The number of amides is 1. The van der Waals surface area contributed by atoms with Crippen molar-refractivity contribution in [2.24, 2.45) is 11.7 Å². The number of nitro benzene ring substituents is 1. The lowest BCUT2D eigenvalue weighted by Gasteiger charge is -2.33. The fraction of sp³-hybridized carbons (Fsp3) is 0.429.